The summed E-state index contributed by atoms with van der Waals surface area (Å²) in [5.74, 6) is -0.123. The van der Waals surface area contributed by atoms with Crippen molar-refractivity contribution in [3.8, 4) is 0 Å². The maximum absolute atomic E-state index is 11.0. The molecule has 16 heavy (non-hydrogen) atoms. The molecule has 1 aliphatic rings. The van der Waals surface area contributed by atoms with E-state index in [9.17, 15) is 4.79 Å². The Bertz CT molecular complexity index is 250. The van der Waals surface area contributed by atoms with Crippen molar-refractivity contribution in [1.29, 1.82) is 0 Å². The molecule has 7 heteroatoms. The first-order valence-corrected chi connectivity index (χ1v) is 5.40. The van der Waals surface area contributed by atoms with Crippen LogP contribution in [0.1, 0.15) is 6.92 Å². The second kappa shape index (κ2) is 7.02. The van der Waals surface area contributed by atoms with Gasteiger partial charge >= 0.3 is 5.97 Å². The summed E-state index contributed by atoms with van der Waals surface area (Å²) in [6.07, 6.45) is 0. The van der Waals surface area contributed by atoms with E-state index in [4.69, 9.17) is 10.5 Å². The van der Waals surface area contributed by atoms with Crippen LogP contribution in [-0.4, -0.2) is 56.3 Å². The summed E-state index contributed by atoms with van der Waals surface area (Å²) in [5.41, 5.74) is 8.55. The van der Waals surface area contributed by atoms with Gasteiger partial charge in [0.05, 0.1) is 6.61 Å². The number of nitrogens with one attached hydrogen (secondary N) is 2. The molecule has 1 saturated heterocycles. The van der Waals surface area contributed by atoms with Gasteiger partial charge in [0.1, 0.15) is 6.54 Å². The third-order valence-electron chi connectivity index (χ3n) is 2.07. The average molecular weight is 229 g/mol. The van der Waals surface area contributed by atoms with Crippen LogP contribution in [0.2, 0.25) is 0 Å². The number of esters is 1. The van der Waals surface area contributed by atoms with Crippen LogP contribution >= 0.6 is 0 Å². The lowest BCUT2D eigenvalue weighted by atomic mass is 10.4. The molecule has 1 aliphatic heterocycles. The van der Waals surface area contributed by atoms with Crippen molar-refractivity contribution in [2.45, 2.75) is 6.92 Å². The van der Waals surface area contributed by atoms with Gasteiger partial charge in [-0.05, 0) is 6.92 Å². The molecule has 92 valence electrons. The van der Waals surface area contributed by atoms with Crippen LogP contribution in [0.3, 0.4) is 0 Å². The van der Waals surface area contributed by atoms with E-state index in [0.717, 1.165) is 26.2 Å². The van der Waals surface area contributed by atoms with Crippen molar-refractivity contribution < 1.29 is 9.53 Å². The highest BCUT2D eigenvalue weighted by atomic mass is 16.5. The number of carbonyl (C=O) groups excluding carboxylic acids is 1. The zero-order chi connectivity index (χ0) is 11.8. The summed E-state index contributed by atoms with van der Waals surface area (Å²) in [5, 5.41) is 5.18. The predicted octanol–water partition coefficient (Wildman–Crippen LogP) is -1.73. The van der Waals surface area contributed by atoms with E-state index in [0.29, 0.717) is 6.61 Å². The van der Waals surface area contributed by atoms with Gasteiger partial charge in [-0.15, -0.1) is 0 Å². The van der Waals surface area contributed by atoms with E-state index in [2.05, 4.69) is 15.7 Å². The molecule has 0 amide bonds. The number of guanidine groups is 1. The van der Waals surface area contributed by atoms with Crippen molar-refractivity contribution in [3.63, 3.8) is 0 Å². The van der Waals surface area contributed by atoms with Crippen LogP contribution in [-0.2, 0) is 9.53 Å². The van der Waals surface area contributed by atoms with Crippen molar-refractivity contribution in [3.05, 3.63) is 0 Å². The van der Waals surface area contributed by atoms with Crippen LogP contribution in [0.4, 0.5) is 0 Å². The minimum Gasteiger partial charge on any atom is -0.465 e. The maximum Gasteiger partial charge on any atom is 0.327 e. The second-order valence-electron chi connectivity index (χ2n) is 3.36. The number of carbonyl (C=O) groups is 1. The van der Waals surface area contributed by atoms with Gasteiger partial charge in [0, 0.05) is 26.2 Å². The third-order valence-corrected chi connectivity index (χ3v) is 2.07. The molecule has 1 heterocycles. The summed E-state index contributed by atoms with van der Waals surface area (Å²) in [6.45, 7) is 5.61. The predicted molar refractivity (Wildman–Crippen MR) is 60.7 cm³/mol. The number of aliphatic imine (C=N–C) groups is 1. The summed E-state index contributed by atoms with van der Waals surface area (Å²) < 4.78 is 4.73. The molecule has 0 atom stereocenters. The van der Waals surface area contributed by atoms with Crippen LogP contribution in [0.5, 0.6) is 0 Å². The van der Waals surface area contributed by atoms with E-state index < -0.39 is 0 Å². The minimum absolute atomic E-state index is 0.0429. The molecule has 0 bridgehead atoms. The van der Waals surface area contributed by atoms with Gasteiger partial charge < -0.3 is 15.8 Å². The fourth-order valence-corrected chi connectivity index (χ4v) is 1.33. The first kappa shape index (κ1) is 12.7. The molecule has 0 aromatic carbocycles. The van der Waals surface area contributed by atoms with Crippen LogP contribution in [0.25, 0.3) is 0 Å². The molecule has 0 saturated carbocycles. The molecule has 0 spiro atoms. The zero-order valence-electron chi connectivity index (χ0n) is 9.53. The Morgan fingerprint density at radius 1 is 1.56 bits per heavy atom. The van der Waals surface area contributed by atoms with Gasteiger partial charge in [-0.3, -0.25) is 10.2 Å². The average Bonchev–Trinajstić information content (AvgIpc) is 2.28. The Morgan fingerprint density at radius 3 is 2.88 bits per heavy atom. The molecule has 4 N–H and O–H groups in total. The van der Waals surface area contributed by atoms with E-state index in [-0.39, 0.29) is 18.5 Å². The number of hydrogen-bond acceptors (Lipinski definition) is 5. The standard InChI is InChI=1S/C9H19N5O2/c1-2-16-8(15)7-12-9(10)13-14-5-3-11-4-6-14/h11H,2-7H2,1H3,(H3,10,12,13). The summed E-state index contributed by atoms with van der Waals surface area (Å²) in [6, 6.07) is 0. The highest BCUT2D eigenvalue weighted by Crippen LogP contribution is 1.86. The van der Waals surface area contributed by atoms with Crippen molar-refractivity contribution in [2.75, 3.05) is 39.3 Å². The summed E-state index contributed by atoms with van der Waals surface area (Å²) in [4.78, 5) is 14.9. The first-order valence-electron chi connectivity index (χ1n) is 5.40. The monoisotopic (exact) mass is 229 g/mol. The van der Waals surface area contributed by atoms with Crippen molar-refractivity contribution in [1.82, 2.24) is 15.8 Å². The molecule has 0 unspecified atom stereocenters. The van der Waals surface area contributed by atoms with E-state index in [1.807, 2.05) is 5.01 Å². The van der Waals surface area contributed by atoms with Gasteiger partial charge in [0.2, 0.25) is 5.96 Å². The minimum atomic E-state index is -0.368. The SMILES string of the molecule is CCOC(=O)CN=C(N)NN1CCNCC1. The largest absolute Gasteiger partial charge is 0.465 e. The van der Waals surface area contributed by atoms with E-state index in [1.165, 1.54) is 0 Å². The number of rotatable bonds is 4. The first-order chi connectivity index (χ1) is 7.72. The second-order valence-corrected chi connectivity index (χ2v) is 3.36. The third kappa shape index (κ3) is 4.94. The van der Waals surface area contributed by atoms with E-state index >= 15 is 0 Å². The molecule has 0 aromatic rings. The Kier molecular flexibility index (Phi) is 5.58. The van der Waals surface area contributed by atoms with Gasteiger partial charge in [0.15, 0.2) is 0 Å². The van der Waals surface area contributed by atoms with Crippen LogP contribution in [0.15, 0.2) is 4.99 Å². The lowest BCUT2D eigenvalue weighted by molar-refractivity contribution is -0.141. The molecular formula is C9H19N5O2. The van der Waals surface area contributed by atoms with Crippen molar-refractivity contribution >= 4 is 11.9 Å². The molecule has 0 aromatic heterocycles. The van der Waals surface area contributed by atoms with Gasteiger partial charge in [0.25, 0.3) is 0 Å². The Balaban J connectivity index is 2.24. The lowest BCUT2D eigenvalue weighted by Gasteiger charge is -2.27. The maximum atomic E-state index is 11.0. The highest BCUT2D eigenvalue weighted by Gasteiger charge is 2.09. The highest BCUT2D eigenvalue weighted by molar-refractivity contribution is 5.81. The number of nitrogens with two attached hydrogens (primary N) is 1. The molecule has 0 radical (unpaired) electrons. The smallest absolute Gasteiger partial charge is 0.327 e. The quantitative estimate of drug-likeness (QED) is 0.301. The van der Waals surface area contributed by atoms with Gasteiger partial charge in [-0.1, -0.05) is 0 Å². The van der Waals surface area contributed by atoms with Gasteiger partial charge in [-0.25, -0.2) is 10.0 Å². The molecule has 1 fully saturated rings. The fraction of sp³-hybridized carbons (Fsp3) is 0.778. The molecular weight excluding hydrogens is 210 g/mol. The van der Waals surface area contributed by atoms with Crippen LogP contribution in [0, 0.1) is 0 Å². The normalized spacial score (nSPS) is 18.2. The molecule has 1 rings (SSSR count). The molecule has 0 aliphatic carbocycles. The number of hydrogen-bond donors (Lipinski definition) is 3. The van der Waals surface area contributed by atoms with Crippen molar-refractivity contribution in [2.24, 2.45) is 10.7 Å². The molecule has 7 nitrogen and oxygen atoms in total. The summed E-state index contributed by atoms with van der Waals surface area (Å²) >= 11 is 0. The Morgan fingerprint density at radius 2 is 2.25 bits per heavy atom. The Labute approximate surface area is 95.0 Å². The van der Waals surface area contributed by atoms with Crippen LogP contribution < -0.4 is 16.5 Å². The number of piperazine rings is 1. The summed E-state index contributed by atoms with van der Waals surface area (Å²) in [7, 11) is 0. The number of ether oxygens (including phenoxy) is 1. The lowest BCUT2D eigenvalue weighted by Crippen LogP contribution is -2.54. The number of nitrogens with zero attached hydrogens (tertiary/aromatic N) is 2. The van der Waals surface area contributed by atoms with E-state index in [1.54, 1.807) is 6.92 Å². The number of hydrazine groups is 1. The zero-order valence-corrected chi connectivity index (χ0v) is 9.53. The topological polar surface area (TPSA) is 92.0 Å². The fourth-order valence-electron chi connectivity index (χ4n) is 1.33. The van der Waals surface area contributed by atoms with Gasteiger partial charge in [-0.2, -0.15) is 0 Å². The Hall–Kier alpha value is -1.34.